The Morgan fingerprint density at radius 2 is 1.45 bits per heavy atom. The number of rotatable bonds is 11. The number of phenols is 1. The van der Waals surface area contributed by atoms with Crippen LogP contribution < -0.4 is 9.80 Å². The zero-order chi connectivity index (χ0) is 49.1. The molecule has 0 unspecified atom stereocenters. The van der Waals surface area contributed by atoms with E-state index in [4.69, 9.17) is 14.2 Å². The van der Waals surface area contributed by atoms with E-state index in [0.717, 1.165) is 16.0 Å². The third kappa shape index (κ3) is 8.75. The number of hydrogen-bond donors (Lipinski definition) is 1. The fraction of sp³-hybridized carbons (Fsp3) is 0.286. The highest BCUT2D eigenvalue weighted by Crippen LogP contribution is 2.66. The number of cyclic esters (lactones) is 1. The van der Waals surface area contributed by atoms with E-state index >= 15 is 14.4 Å². The number of hydrogen-bond acceptors (Lipinski definition) is 13. The van der Waals surface area contributed by atoms with Gasteiger partial charge in [-0.3, -0.25) is 24.2 Å². The molecule has 6 aromatic rings. The minimum Gasteiger partial charge on any atom is -0.508 e. The maximum Gasteiger partial charge on any atom is 0.421 e. The van der Waals surface area contributed by atoms with Crippen LogP contribution in [0.5, 0.6) is 5.75 Å². The summed E-state index contributed by atoms with van der Waals surface area (Å²) in [5.41, 5.74) is 2.17. The van der Waals surface area contributed by atoms with E-state index in [9.17, 15) is 9.90 Å². The number of carbonyl (C=O) groups excluding carboxylic acids is 4. The van der Waals surface area contributed by atoms with Crippen molar-refractivity contribution >= 4 is 35.5 Å². The molecule has 1 aromatic heterocycles. The highest BCUT2D eigenvalue weighted by Gasteiger charge is 2.76. The number of aromatic nitrogens is 2. The lowest BCUT2D eigenvalue weighted by molar-refractivity contribution is -0.179. The molecule has 6 atom stereocenters. The quantitative estimate of drug-likeness (QED) is 0.0858. The maximum atomic E-state index is 16.5. The molecular weight excluding hydrogens is 899 g/mol. The summed E-state index contributed by atoms with van der Waals surface area (Å²) in [6, 6.07) is 39.2. The maximum absolute atomic E-state index is 16.5. The Morgan fingerprint density at radius 3 is 2.13 bits per heavy atom. The lowest BCUT2D eigenvalue weighted by Gasteiger charge is -2.46. The number of methoxy groups -OCH3 is 1. The first-order valence-corrected chi connectivity index (χ1v) is 23.7. The molecule has 5 heterocycles. The van der Waals surface area contributed by atoms with Crippen LogP contribution in [0.4, 0.5) is 16.4 Å². The van der Waals surface area contributed by atoms with Gasteiger partial charge in [0.1, 0.15) is 29.9 Å². The summed E-state index contributed by atoms with van der Waals surface area (Å²) >= 11 is 0. The van der Waals surface area contributed by atoms with E-state index < -0.39 is 59.4 Å². The zero-order valence-corrected chi connectivity index (χ0v) is 39.4. The number of phenolic OH excluding ortho intramolecular Hbond substituents is 1. The first-order valence-electron chi connectivity index (χ1n) is 23.7. The van der Waals surface area contributed by atoms with Gasteiger partial charge in [0, 0.05) is 57.8 Å². The number of carbonyl (C=O) groups is 4. The number of fused-ring (bicyclic) bond motifs is 3. The summed E-state index contributed by atoms with van der Waals surface area (Å²) in [7, 11) is 3.46. The topological polar surface area (TPSA) is 158 Å². The van der Waals surface area contributed by atoms with Crippen LogP contribution >= 0.6 is 0 Å². The first kappa shape index (κ1) is 46.8. The fourth-order valence-corrected chi connectivity index (χ4v) is 10.9. The Bertz CT molecular complexity index is 2950. The average Bonchev–Trinajstić information content (AvgIpc) is 3.86. The average molecular weight is 952 g/mol. The van der Waals surface area contributed by atoms with Gasteiger partial charge in [-0.15, -0.1) is 0 Å². The van der Waals surface area contributed by atoms with E-state index in [1.807, 2.05) is 95.7 Å². The number of morpholine rings is 1. The molecule has 5 aromatic carbocycles. The summed E-state index contributed by atoms with van der Waals surface area (Å²) in [5.74, 6) is 3.72. The monoisotopic (exact) mass is 951 g/mol. The van der Waals surface area contributed by atoms with Crippen molar-refractivity contribution in [3.8, 4) is 17.6 Å². The number of amides is 3. The molecule has 15 heteroatoms. The molecule has 10 rings (SSSR count). The Labute approximate surface area is 412 Å². The van der Waals surface area contributed by atoms with E-state index in [-0.39, 0.29) is 37.7 Å². The minimum absolute atomic E-state index is 0.0265. The summed E-state index contributed by atoms with van der Waals surface area (Å²) in [4.78, 5) is 80.5. The number of esters is 1. The molecule has 0 aliphatic carbocycles. The summed E-state index contributed by atoms with van der Waals surface area (Å²) in [5, 5.41) is 10.8. The number of anilines is 2. The standard InChI is InChI=1S/C56H53N7O8/c1-59(37-39-14-6-3-7-15-39)29-12-16-38-21-26-45-44(36-38)56(53(67)62(45)55(68)70-35-34-69-2)46(51(65)60-30-32-61(33-31-60)54-57-27-13-28-58-54)48-52(66)71-49(41-19-10-5-11-20-41)47(40-17-8-4-9-18-40)63(48)50(56)42-22-24-43(64)25-23-42/h3-11,13-15,17-28,36,46-50,64H,29-35,37H2,1-2H3/t46-,47-,48-,49+,50+,56-/m0/s1. The van der Waals surface area contributed by atoms with E-state index in [1.165, 1.54) is 19.2 Å². The first-order chi connectivity index (χ1) is 34.7. The molecule has 0 radical (unpaired) electrons. The van der Waals surface area contributed by atoms with Crippen LogP contribution in [0, 0.1) is 17.8 Å². The number of piperazine rings is 1. The van der Waals surface area contributed by atoms with Crippen LogP contribution in [0.15, 0.2) is 152 Å². The predicted octanol–water partition coefficient (Wildman–Crippen LogP) is 6.46. The number of imide groups is 1. The van der Waals surface area contributed by atoms with Gasteiger partial charge in [-0.25, -0.2) is 19.7 Å². The van der Waals surface area contributed by atoms with Crippen molar-refractivity contribution in [2.75, 3.05) is 69.9 Å². The number of ether oxygens (including phenoxy) is 3. The van der Waals surface area contributed by atoms with Gasteiger partial charge in [0.25, 0.3) is 0 Å². The SMILES string of the molecule is COCCOC(=O)N1C(=O)[C@@]2(c3cc(C#CCN(C)Cc4ccccc4)ccc31)[C@H](C(=O)N1CCN(c3ncccn3)CC1)[C@H]1C(=O)O[C@H](c3ccccc3)[C@H](c3ccccc3)N1[C@@H]2c1ccc(O)cc1. The largest absolute Gasteiger partial charge is 0.508 e. The van der Waals surface area contributed by atoms with Crippen molar-refractivity contribution in [1.29, 1.82) is 0 Å². The van der Waals surface area contributed by atoms with Crippen molar-refractivity contribution < 1.29 is 38.5 Å². The van der Waals surface area contributed by atoms with Gasteiger partial charge in [-0.05, 0) is 71.3 Å². The molecule has 360 valence electrons. The fourth-order valence-electron chi connectivity index (χ4n) is 10.9. The molecule has 15 nitrogen and oxygen atoms in total. The number of benzene rings is 5. The molecule has 1 spiro atoms. The molecule has 71 heavy (non-hydrogen) atoms. The number of nitrogens with zero attached hydrogens (tertiary/aromatic N) is 7. The number of aromatic hydroxyl groups is 1. The third-order valence-electron chi connectivity index (χ3n) is 13.9. The second-order valence-corrected chi connectivity index (χ2v) is 18.2. The molecule has 3 amide bonds. The van der Waals surface area contributed by atoms with Crippen molar-refractivity contribution in [2.45, 2.75) is 36.2 Å². The molecule has 0 saturated carbocycles. The highest BCUT2D eigenvalue weighted by atomic mass is 16.6. The van der Waals surface area contributed by atoms with Crippen molar-refractivity contribution in [2.24, 2.45) is 5.92 Å². The van der Waals surface area contributed by atoms with E-state index in [1.54, 1.807) is 53.7 Å². The predicted molar refractivity (Wildman–Crippen MR) is 264 cm³/mol. The van der Waals surface area contributed by atoms with Crippen LogP contribution in [0.2, 0.25) is 0 Å². The third-order valence-corrected chi connectivity index (χ3v) is 13.9. The Balaban J connectivity index is 1.19. The molecule has 4 aliphatic heterocycles. The van der Waals surface area contributed by atoms with Crippen LogP contribution in [0.3, 0.4) is 0 Å². The molecule has 1 N–H and O–H groups in total. The normalized spacial score (nSPS) is 22.7. The lowest BCUT2D eigenvalue weighted by atomic mass is 9.65. The summed E-state index contributed by atoms with van der Waals surface area (Å²) < 4.78 is 17.6. The van der Waals surface area contributed by atoms with Crippen LogP contribution in [-0.2, 0) is 40.6 Å². The molecule has 3 fully saturated rings. The van der Waals surface area contributed by atoms with Crippen molar-refractivity contribution in [3.05, 3.63) is 185 Å². The summed E-state index contributed by atoms with van der Waals surface area (Å²) in [6.45, 7) is 2.17. The Kier molecular flexibility index (Phi) is 13.3. The lowest BCUT2D eigenvalue weighted by Crippen LogP contribution is -2.59. The van der Waals surface area contributed by atoms with Gasteiger partial charge < -0.3 is 29.1 Å². The van der Waals surface area contributed by atoms with Crippen LogP contribution in [0.1, 0.15) is 51.6 Å². The summed E-state index contributed by atoms with van der Waals surface area (Å²) in [6.07, 6.45) is 1.46. The highest BCUT2D eigenvalue weighted by molar-refractivity contribution is 6.23. The molecular formula is C56H53N7O8. The second kappa shape index (κ2) is 20.2. The molecule has 4 aliphatic rings. The van der Waals surface area contributed by atoms with Gasteiger partial charge in [-0.1, -0.05) is 115 Å². The van der Waals surface area contributed by atoms with Gasteiger partial charge in [0.05, 0.1) is 36.8 Å². The molecule has 0 bridgehead atoms. The second-order valence-electron chi connectivity index (χ2n) is 18.2. The van der Waals surface area contributed by atoms with Crippen molar-refractivity contribution in [1.82, 2.24) is 24.7 Å². The van der Waals surface area contributed by atoms with Gasteiger partial charge in [-0.2, -0.15) is 0 Å². The van der Waals surface area contributed by atoms with E-state index in [2.05, 4.69) is 38.8 Å². The van der Waals surface area contributed by atoms with Crippen LogP contribution in [-0.4, -0.2) is 120 Å². The zero-order valence-electron chi connectivity index (χ0n) is 39.4. The molecule has 3 saturated heterocycles. The van der Waals surface area contributed by atoms with Crippen LogP contribution in [0.25, 0.3) is 0 Å². The van der Waals surface area contributed by atoms with Gasteiger partial charge in [0.2, 0.25) is 17.8 Å². The minimum atomic E-state index is -2.01. The smallest absolute Gasteiger partial charge is 0.421 e. The Morgan fingerprint density at radius 1 is 0.789 bits per heavy atom. The van der Waals surface area contributed by atoms with E-state index in [0.29, 0.717) is 54.4 Å². The van der Waals surface area contributed by atoms with Gasteiger partial charge >= 0.3 is 12.1 Å². The van der Waals surface area contributed by atoms with Crippen molar-refractivity contribution in [3.63, 3.8) is 0 Å². The Hall–Kier alpha value is -7.90. The van der Waals surface area contributed by atoms with Gasteiger partial charge in [0.15, 0.2) is 0 Å².